The molecule has 0 bridgehead atoms. The Hall–Kier alpha value is -0.0400. The lowest BCUT2D eigenvalue weighted by molar-refractivity contribution is 0.229. The van der Waals surface area contributed by atoms with E-state index in [0.29, 0.717) is 0 Å². The zero-order valence-electron chi connectivity index (χ0n) is 8.18. The van der Waals surface area contributed by atoms with Crippen LogP contribution < -0.4 is 5.32 Å². The molecule has 0 aromatic rings. The van der Waals surface area contributed by atoms with Crippen molar-refractivity contribution in [2.75, 3.05) is 13.1 Å². The summed E-state index contributed by atoms with van der Waals surface area (Å²) in [5.41, 5.74) is 0. The van der Waals surface area contributed by atoms with Gasteiger partial charge in [-0.25, -0.2) is 0 Å². The molecule has 0 aromatic carbocycles. The fourth-order valence-electron chi connectivity index (χ4n) is 3.00. The first-order chi connectivity index (χ1) is 5.86. The molecule has 70 valence electrons. The zero-order chi connectivity index (χ0) is 8.39. The molecule has 1 saturated heterocycles. The lowest BCUT2D eigenvalue weighted by Crippen LogP contribution is -2.36. The summed E-state index contributed by atoms with van der Waals surface area (Å²) in [4.78, 5) is 0. The molecule has 12 heavy (non-hydrogen) atoms. The second-order valence-corrected chi connectivity index (χ2v) is 4.78. The van der Waals surface area contributed by atoms with E-state index in [2.05, 4.69) is 12.2 Å². The third-order valence-corrected chi connectivity index (χ3v) is 3.74. The maximum absolute atomic E-state index is 3.53. The van der Waals surface area contributed by atoms with Crippen molar-refractivity contribution in [3.05, 3.63) is 0 Å². The Balaban J connectivity index is 1.96. The summed E-state index contributed by atoms with van der Waals surface area (Å²) in [6, 6.07) is 0. The van der Waals surface area contributed by atoms with Crippen LogP contribution in [0.2, 0.25) is 0 Å². The van der Waals surface area contributed by atoms with Crippen molar-refractivity contribution < 1.29 is 0 Å². The van der Waals surface area contributed by atoms with Gasteiger partial charge in [0.25, 0.3) is 0 Å². The van der Waals surface area contributed by atoms with Crippen LogP contribution in [0.25, 0.3) is 0 Å². The highest BCUT2D eigenvalue weighted by atomic mass is 14.9. The van der Waals surface area contributed by atoms with Gasteiger partial charge in [-0.15, -0.1) is 0 Å². The second kappa shape index (κ2) is 3.78. The summed E-state index contributed by atoms with van der Waals surface area (Å²) >= 11 is 0. The van der Waals surface area contributed by atoms with E-state index in [0.717, 1.165) is 17.8 Å². The molecule has 1 nitrogen and oxygen atoms in total. The van der Waals surface area contributed by atoms with E-state index < -0.39 is 0 Å². The fraction of sp³-hybridized carbons (Fsp3) is 1.00. The summed E-state index contributed by atoms with van der Waals surface area (Å²) in [6.07, 6.45) is 7.40. The van der Waals surface area contributed by atoms with Gasteiger partial charge in [0.2, 0.25) is 0 Å². The minimum absolute atomic E-state index is 0.986. The second-order valence-electron chi connectivity index (χ2n) is 4.78. The molecule has 1 N–H and O–H groups in total. The van der Waals surface area contributed by atoms with E-state index in [9.17, 15) is 0 Å². The molecule has 0 aromatic heterocycles. The van der Waals surface area contributed by atoms with Gasteiger partial charge in [0.05, 0.1) is 0 Å². The third-order valence-electron chi connectivity index (χ3n) is 3.74. The minimum Gasteiger partial charge on any atom is -0.316 e. The Bertz CT molecular complexity index is 144. The molecule has 0 spiro atoms. The van der Waals surface area contributed by atoms with Crippen LogP contribution in [0.5, 0.6) is 0 Å². The summed E-state index contributed by atoms with van der Waals surface area (Å²) in [6.45, 7) is 5.00. The van der Waals surface area contributed by atoms with Crippen molar-refractivity contribution in [1.82, 2.24) is 5.32 Å². The van der Waals surface area contributed by atoms with E-state index in [4.69, 9.17) is 0 Å². The van der Waals surface area contributed by atoms with Crippen molar-refractivity contribution in [3.8, 4) is 0 Å². The van der Waals surface area contributed by atoms with Gasteiger partial charge in [-0.3, -0.25) is 0 Å². The van der Waals surface area contributed by atoms with Crippen LogP contribution in [-0.4, -0.2) is 13.1 Å². The fourth-order valence-corrected chi connectivity index (χ4v) is 3.00. The highest BCUT2D eigenvalue weighted by Gasteiger charge is 2.28. The molecule has 1 heteroatoms. The summed E-state index contributed by atoms with van der Waals surface area (Å²) in [7, 11) is 0. The number of piperidine rings is 1. The molecule has 2 aliphatic rings. The highest BCUT2D eigenvalue weighted by Crippen LogP contribution is 2.34. The van der Waals surface area contributed by atoms with Crippen LogP contribution in [-0.2, 0) is 0 Å². The smallest absolute Gasteiger partial charge is 0.00178 e. The van der Waals surface area contributed by atoms with E-state index >= 15 is 0 Å². The van der Waals surface area contributed by atoms with Gasteiger partial charge in [-0.2, -0.15) is 0 Å². The first-order valence-electron chi connectivity index (χ1n) is 5.57. The Morgan fingerprint density at radius 2 is 2.00 bits per heavy atom. The maximum atomic E-state index is 3.53. The van der Waals surface area contributed by atoms with E-state index in [-0.39, 0.29) is 0 Å². The minimum atomic E-state index is 0.986. The molecule has 0 amide bonds. The topological polar surface area (TPSA) is 12.0 Å². The lowest BCUT2D eigenvalue weighted by atomic mass is 9.82. The summed E-state index contributed by atoms with van der Waals surface area (Å²) < 4.78 is 0. The number of hydrogen-bond acceptors (Lipinski definition) is 1. The monoisotopic (exact) mass is 167 g/mol. The zero-order valence-corrected chi connectivity index (χ0v) is 8.18. The lowest BCUT2D eigenvalue weighted by Gasteiger charge is -2.31. The number of hydrogen-bond donors (Lipinski definition) is 1. The third kappa shape index (κ3) is 1.82. The van der Waals surface area contributed by atoms with Gasteiger partial charge < -0.3 is 5.32 Å². The van der Waals surface area contributed by atoms with Gasteiger partial charge in [-0.05, 0) is 43.7 Å². The average molecular weight is 167 g/mol. The van der Waals surface area contributed by atoms with Crippen molar-refractivity contribution in [3.63, 3.8) is 0 Å². The average Bonchev–Trinajstić information content (AvgIpc) is 2.25. The Morgan fingerprint density at radius 3 is 2.92 bits per heavy atom. The molecule has 0 radical (unpaired) electrons. The van der Waals surface area contributed by atoms with Gasteiger partial charge in [0, 0.05) is 0 Å². The van der Waals surface area contributed by atoms with Crippen LogP contribution in [0.3, 0.4) is 0 Å². The molecular formula is C11H21N. The van der Waals surface area contributed by atoms with E-state index in [1.54, 1.807) is 0 Å². The molecule has 1 saturated carbocycles. The Kier molecular flexibility index (Phi) is 2.69. The van der Waals surface area contributed by atoms with Crippen molar-refractivity contribution in [1.29, 1.82) is 0 Å². The Labute approximate surface area is 75.9 Å². The molecule has 3 unspecified atom stereocenters. The van der Waals surface area contributed by atoms with Crippen LogP contribution in [0.1, 0.15) is 39.0 Å². The normalized spacial score (nSPS) is 43.2. The van der Waals surface area contributed by atoms with Crippen LogP contribution in [0.15, 0.2) is 0 Å². The largest absolute Gasteiger partial charge is 0.316 e. The molecule has 1 heterocycles. The first-order valence-corrected chi connectivity index (χ1v) is 5.57. The predicted molar refractivity (Wildman–Crippen MR) is 52.1 cm³/mol. The molecule has 1 aliphatic heterocycles. The highest BCUT2D eigenvalue weighted by molar-refractivity contribution is 4.82. The van der Waals surface area contributed by atoms with Crippen LogP contribution in [0.4, 0.5) is 0 Å². The SMILES string of the molecule is CC1CCCC2CCNCC2C1. The molecule has 1 aliphatic carbocycles. The maximum Gasteiger partial charge on any atom is -0.00178 e. The first kappa shape index (κ1) is 8.55. The summed E-state index contributed by atoms with van der Waals surface area (Å²) in [5, 5.41) is 3.53. The number of rotatable bonds is 0. The van der Waals surface area contributed by atoms with Gasteiger partial charge >= 0.3 is 0 Å². The van der Waals surface area contributed by atoms with Crippen LogP contribution >= 0.6 is 0 Å². The van der Waals surface area contributed by atoms with Crippen LogP contribution in [0, 0.1) is 17.8 Å². The molecule has 2 fully saturated rings. The van der Waals surface area contributed by atoms with Crippen molar-refractivity contribution >= 4 is 0 Å². The molecule has 2 rings (SSSR count). The van der Waals surface area contributed by atoms with Crippen molar-refractivity contribution in [2.24, 2.45) is 17.8 Å². The summed E-state index contributed by atoms with van der Waals surface area (Å²) in [5.74, 6) is 3.06. The molecule has 3 atom stereocenters. The van der Waals surface area contributed by atoms with Gasteiger partial charge in [-0.1, -0.05) is 26.2 Å². The number of nitrogens with one attached hydrogen (secondary N) is 1. The quantitative estimate of drug-likeness (QED) is 0.584. The van der Waals surface area contributed by atoms with E-state index in [1.807, 2.05) is 0 Å². The van der Waals surface area contributed by atoms with Gasteiger partial charge in [0.1, 0.15) is 0 Å². The Morgan fingerprint density at radius 1 is 1.08 bits per heavy atom. The predicted octanol–water partition coefficient (Wildman–Crippen LogP) is 2.42. The molecular weight excluding hydrogens is 146 g/mol. The van der Waals surface area contributed by atoms with Gasteiger partial charge in [0.15, 0.2) is 0 Å². The standard InChI is InChI=1S/C11H21N/c1-9-3-2-4-10-5-6-12-8-11(10)7-9/h9-12H,2-8H2,1H3. The number of fused-ring (bicyclic) bond motifs is 1. The van der Waals surface area contributed by atoms with Crippen molar-refractivity contribution in [2.45, 2.75) is 39.0 Å². The van der Waals surface area contributed by atoms with E-state index in [1.165, 1.54) is 45.2 Å².